The molecule has 3 N–H and O–H groups in total. The number of likely N-dealkylation sites (N-methyl/N-ethyl adjacent to an activating group) is 3. The maximum atomic E-state index is 13.4. The van der Waals surface area contributed by atoms with Crippen molar-refractivity contribution < 1.29 is 45.4 Å². The van der Waals surface area contributed by atoms with Crippen LogP contribution in [0.15, 0.2) is 98.2 Å². The van der Waals surface area contributed by atoms with Crippen LogP contribution in [0.1, 0.15) is 100 Å². The Bertz CT molecular complexity index is 4610. The Morgan fingerprint density at radius 2 is 1.10 bits per heavy atom. The highest BCUT2D eigenvalue weighted by atomic mass is 32.2. The number of hydrogen-bond donors (Lipinski definition) is 3. The number of nitrogens with zero attached hydrogens (tertiary/aromatic N) is 12. The molecule has 0 bridgehead atoms. The smallest absolute Gasteiger partial charge is 0.277 e. The number of aryl methyl sites for hydroxylation is 4. The molecule has 5 aromatic heterocycles. The van der Waals surface area contributed by atoms with Gasteiger partial charge in [0, 0.05) is 95.3 Å². The topological polar surface area (TPSA) is 301 Å². The quantitative estimate of drug-likeness (QED) is 0.0894. The van der Waals surface area contributed by atoms with Crippen molar-refractivity contribution in [2.75, 3.05) is 99.0 Å². The van der Waals surface area contributed by atoms with Crippen LogP contribution in [0.2, 0.25) is 0 Å². The van der Waals surface area contributed by atoms with Gasteiger partial charge in [0.05, 0.1) is 58.1 Å². The molecule has 9 aromatic rings. The van der Waals surface area contributed by atoms with E-state index in [4.69, 9.17) is 18.9 Å². The number of fused-ring (bicyclic) bond motifs is 7. The van der Waals surface area contributed by atoms with Gasteiger partial charge in [-0.1, -0.05) is 52.0 Å². The molecule has 0 spiro atoms. The van der Waals surface area contributed by atoms with Crippen molar-refractivity contribution in [2.45, 2.75) is 109 Å². The van der Waals surface area contributed by atoms with Gasteiger partial charge in [0.2, 0.25) is 38.7 Å². The Kier molecular flexibility index (Phi) is 19.8. The Hall–Kier alpha value is -9.00. The molecule has 5 aliphatic rings. The van der Waals surface area contributed by atoms with Gasteiger partial charge in [-0.2, -0.15) is 8.61 Å². The number of sulfonamides is 2. The van der Waals surface area contributed by atoms with E-state index in [1.807, 2.05) is 64.1 Å². The summed E-state index contributed by atoms with van der Waals surface area (Å²) in [6, 6.07) is 22.4. The highest BCUT2D eigenvalue weighted by molar-refractivity contribution is 7.89. The van der Waals surface area contributed by atoms with Crippen molar-refractivity contribution >= 4 is 53.8 Å². The minimum Gasteiger partial charge on any atom is -0.493 e. The number of hydrogen-bond acceptors (Lipinski definition) is 18. The van der Waals surface area contributed by atoms with Crippen LogP contribution in [-0.4, -0.2) is 206 Å². The Morgan fingerprint density at radius 1 is 0.598 bits per heavy atom. The lowest BCUT2D eigenvalue weighted by atomic mass is 9.86. The number of piperazine rings is 3. The molecule has 27 nitrogen and oxygen atoms in total. The molecule has 97 heavy (non-hydrogen) atoms. The maximum Gasteiger partial charge on any atom is 0.277 e. The second kappa shape index (κ2) is 28.2. The van der Waals surface area contributed by atoms with Gasteiger partial charge in [0.25, 0.3) is 11.1 Å². The molecular weight excluding hydrogens is 1280 g/mol. The van der Waals surface area contributed by atoms with Crippen LogP contribution in [0.25, 0.3) is 44.7 Å². The summed E-state index contributed by atoms with van der Waals surface area (Å²) in [6.07, 6.45) is 3.55. The fourth-order valence-corrected chi connectivity index (χ4v) is 16.4. The number of nitrogens with one attached hydrogen (secondary N) is 3. The Labute approximate surface area is 562 Å². The highest BCUT2D eigenvalue weighted by Crippen LogP contribution is 2.45. The summed E-state index contributed by atoms with van der Waals surface area (Å²) in [5.41, 5.74) is 6.15. The monoisotopic (exact) mass is 1370 g/mol. The van der Waals surface area contributed by atoms with E-state index in [2.05, 4.69) is 64.8 Å². The second-order valence-electron chi connectivity index (χ2n) is 24.5. The molecule has 3 fully saturated rings. The lowest BCUT2D eigenvalue weighted by Gasteiger charge is -2.46. The first-order valence-electron chi connectivity index (χ1n) is 33.2. The van der Waals surface area contributed by atoms with Crippen molar-refractivity contribution in [3.63, 3.8) is 0 Å². The number of ether oxygens (including phenoxy) is 4. The Morgan fingerprint density at radius 3 is 1.60 bits per heavy atom. The van der Waals surface area contributed by atoms with Crippen molar-refractivity contribution in [3.05, 3.63) is 139 Å². The zero-order chi connectivity index (χ0) is 68.6. The van der Waals surface area contributed by atoms with Gasteiger partial charge in [-0.25, -0.2) is 35.8 Å². The average molecular weight is 1370 g/mol. The molecule has 4 aromatic carbocycles. The summed E-state index contributed by atoms with van der Waals surface area (Å²) in [5, 5.41) is 10.4. The third-order valence-corrected chi connectivity index (χ3v) is 22.2. The van der Waals surface area contributed by atoms with Crippen molar-refractivity contribution in [3.8, 4) is 45.8 Å². The summed E-state index contributed by atoms with van der Waals surface area (Å²) in [5.74, 6) is 4.05. The third kappa shape index (κ3) is 13.1. The van der Waals surface area contributed by atoms with E-state index in [0.717, 1.165) is 53.7 Å². The summed E-state index contributed by atoms with van der Waals surface area (Å²) < 4.78 is 82.4. The summed E-state index contributed by atoms with van der Waals surface area (Å²) in [6.45, 7) is 22.9. The van der Waals surface area contributed by atoms with Gasteiger partial charge in [0.15, 0.2) is 34.2 Å². The highest BCUT2D eigenvalue weighted by Gasteiger charge is 2.48. The van der Waals surface area contributed by atoms with E-state index in [0.29, 0.717) is 153 Å². The normalized spacial score (nSPS) is 17.9. The summed E-state index contributed by atoms with van der Waals surface area (Å²) in [4.78, 5) is 78.2. The van der Waals surface area contributed by atoms with E-state index in [1.165, 1.54) is 13.5 Å². The first-order chi connectivity index (χ1) is 46.7. The molecule has 3 saturated heterocycles. The number of amides is 2. The second-order valence-corrected chi connectivity index (χ2v) is 28.4. The average Bonchev–Trinajstić information content (AvgIpc) is 1.66. The lowest BCUT2D eigenvalue weighted by molar-refractivity contribution is -0.157. The van der Waals surface area contributed by atoms with Crippen molar-refractivity contribution in [1.29, 1.82) is 0 Å². The van der Waals surface area contributed by atoms with E-state index >= 15 is 0 Å². The largest absolute Gasteiger partial charge is 0.493 e. The number of aromatic nitrogens is 9. The number of rotatable bonds is 17. The molecular formula is C68H83N15O12S2. The number of carbonyl (C=O) groups is 2. The molecule has 2 atom stereocenters. The van der Waals surface area contributed by atoms with E-state index in [9.17, 15) is 36.0 Å². The molecule has 514 valence electrons. The van der Waals surface area contributed by atoms with Crippen LogP contribution in [0.4, 0.5) is 0 Å². The predicted molar refractivity (Wildman–Crippen MR) is 364 cm³/mol. The molecule has 10 heterocycles. The molecule has 2 amide bonds. The zero-order valence-corrected chi connectivity index (χ0v) is 57.8. The van der Waals surface area contributed by atoms with Crippen LogP contribution in [0.3, 0.4) is 0 Å². The third-order valence-electron chi connectivity index (χ3n) is 18.4. The minimum atomic E-state index is -3.71. The summed E-state index contributed by atoms with van der Waals surface area (Å²) >= 11 is 0. The first kappa shape index (κ1) is 68.0. The first-order valence-corrected chi connectivity index (χ1v) is 36.1. The number of H-pyrrole nitrogens is 3. The molecule has 0 radical (unpaired) electrons. The zero-order valence-electron chi connectivity index (χ0n) is 56.2. The number of imidazole rings is 2. The molecule has 0 unspecified atom stereocenters. The fraction of sp³-hybridized carbons (Fsp3) is 0.441. The van der Waals surface area contributed by atoms with Crippen LogP contribution in [-0.2, 0) is 48.9 Å². The van der Waals surface area contributed by atoms with Gasteiger partial charge < -0.3 is 53.5 Å². The van der Waals surface area contributed by atoms with Crippen molar-refractivity contribution in [1.82, 2.24) is 72.4 Å². The Balaban J connectivity index is 0.000000139. The van der Waals surface area contributed by atoms with E-state index in [-0.39, 0.29) is 63.8 Å². The van der Waals surface area contributed by atoms with Crippen LogP contribution in [0, 0.1) is 13.8 Å². The molecule has 5 aliphatic heterocycles. The summed E-state index contributed by atoms with van der Waals surface area (Å²) in [7, 11) is -5.73. The number of carbonyl (C=O) groups excluding carboxylic acids is 2. The maximum absolute atomic E-state index is 13.4. The SMILES string of the molecule is CCCc1nc(C)c2c(=O)[nH]c(-c3cc(S(=O)(=O)N4CCN(CC)CC4)ccc3OCC)nn12.CCCc1nc(C)c2c(=O)[nH]c(-c3cc(S(=O)(=O)N4CCN(CC)CC4)ccc3OCC)nn12.CN1CC(=O)N2[C@H](c3ccc4c(c3)OCO4)c3[nH]c4ccccc4c3C[C@@H]2C1=O. The van der Waals surface area contributed by atoms with Gasteiger partial charge in [-0.05, 0) is 119 Å². The van der Waals surface area contributed by atoms with E-state index < -0.39 is 26.1 Å². The van der Waals surface area contributed by atoms with Crippen LogP contribution >= 0.6 is 0 Å². The van der Waals surface area contributed by atoms with Gasteiger partial charge in [0.1, 0.15) is 29.2 Å². The van der Waals surface area contributed by atoms with Crippen LogP contribution < -0.4 is 30.1 Å². The van der Waals surface area contributed by atoms with Crippen molar-refractivity contribution in [2.24, 2.45) is 0 Å². The van der Waals surface area contributed by atoms with Crippen LogP contribution in [0.5, 0.6) is 23.0 Å². The standard InChI is InChI=1S/2C23H32N6O4S.C22H19N3O4/c2*1-5-8-20-24-16(4)21-23(30)25-22(26-29(20)21)18-15-17(9-10-19(18)33-7-3)34(31,32)28-13-11-27(6-2)12-14-28;1-24-10-19(26)25-16(22(24)27)9-14-13-4-2-3-5-15(13)23-20(14)21(25)12-6-7-17-18(8-12)29-11-28-17/h2*9-10,15H,5-8,11-14H2,1-4H3,(H,25,26,30);2-8,16,21,23H,9-11H2,1H3/t;;16-,21-/m..1/s1. The minimum absolute atomic E-state index is 0.0220. The van der Waals surface area contributed by atoms with Gasteiger partial charge in [-0.15, -0.1) is 10.2 Å². The molecule has 0 aliphatic carbocycles. The number of benzene rings is 4. The lowest BCUT2D eigenvalue weighted by Crippen LogP contribution is -2.62. The molecule has 29 heteroatoms. The molecule has 14 rings (SSSR count). The fourth-order valence-electron chi connectivity index (χ4n) is 13.5. The predicted octanol–water partition coefficient (Wildman–Crippen LogP) is 6.35. The van der Waals surface area contributed by atoms with Gasteiger partial charge in [-0.3, -0.25) is 19.2 Å². The van der Waals surface area contributed by atoms with E-state index in [1.54, 1.807) is 71.2 Å². The van der Waals surface area contributed by atoms with Gasteiger partial charge >= 0.3 is 0 Å². The molecule has 0 saturated carbocycles. The number of aromatic amines is 3. The number of para-hydroxylation sites is 1.